The summed E-state index contributed by atoms with van der Waals surface area (Å²) in [5.74, 6) is -0.175. The van der Waals surface area contributed by atoms with Crippen molar-refractivity contribution < 1.29 is 18.0 Å². The Morgan fingerprint density at radius 3 is 2.31 bits per heavy atom. The Morgan fingerprint density at radius 1 is 1.00 bits per heavy atom. The summed E-state index contributed by atoms with van der Waals surface area (Å²) in [5, 5.41) is 3.97. The van der Waals surface area contributed by atoms with Gasteiger partial charge in [0, 0.05) is 37.5 Å². The Kier molecular flexibility index (Phi) is 7.44. The molecule has 1 saturated heterocycles. The monoisotopic (exact) mass is 419 g/mol. The van der Waals surface area contributed by atoms with Gasteiger partial charge in [0.1, 0.15) is 0 Å². The molecule has 8 heteroatoms. The van der Waals surface area contributed by atoms with E-state index in [2.05, 4.69) is 5.32 Å². The van der Waals surface area contributed by atoms with Crippen LogP contribution in [0, 0.1) is 5.92 Å². The second-order valence-corrected chi connectivity index (χ2v) is 9.41. The van der Waals surface area contributed by atoms with Crippen molar-refractivity contribution in [1.82, 2.24) is 14.5 Å². The van der Waals surface area contributed by atoms with E-state index in [9.17, 15) is 18.0 Å². The van der Waals surface area contributed by atoms with Gasteiger partial charge in [0.15, 0.2) is 0 Å². The number of hydrogen-bond acceptors (Lipinski definition) is 4. The van der Waals surface area contributed by atoms with Crippen molar-refractivity contribution in [2.24, 2.45) is 5.92 Å². The Morgan fingerprint density at radius 2 is 1.66 bits per heavy atom. The van der Waals surface area contributed by atoms with Gasteiger partial charge in [-0.1, -0.05) is 49.6 Å². The summed E-state index contributed by atoms with van der Waals surface area (Å²) in [6.45, 7) is 1.15. The summed E-state index contributed by atoms with van der Waals surface area (Å²) >= 11 is 0. The lowest BCUT2D eigenvalue weighted by atomic mass is 9.89. The van der Waals surface area contributed by atoms with Crippen molar-refractivity contribution in [2.45, 2.75) is 32.1 Å². The molecule has 1 aromatic carbocycles. The first-order valence-corrected chi connectivity index (χ1v) is 11.7. The van der Waals surface area contributed by atoms with Crippen LogP contribution in [0.3, 0.4) is 0 Å². The van der Waals surface area contributed by atoms with Crippen molar-refractivity contribution in [3.05, 3.63) is 41.3 Å². The van der Waals surface area contributed by atoms with E-state index in [1.807, 2.05) is 30.3 Å². The van der Waals surface area contributed by atoms with Gasteiger partial charge in [-0.05, 0) is 24.5 Å². The standard InChI is InChI=1S/C21H29N3O4S/c25-20(17-22-21(26)19-9-5-2-6-10-19)23-12-14-24(15-13-23)29(27,28)16-11-18-7-3-1-4-8-18/h1,3-4,7-8,11,16,19H,2,5-6,9-10,12-15,17H2,(H,22,26)/b16-11+. The number of rotatable bonds is 6. The minimum absolute atomic E-state index is 0.0179. The van der Waals surface area contributed by atoms with Crippen LogP contribution >= 0.6 is 0 Å². The minimum atomic E-state index is -3.53. The third-order valence-corrected chi connectivity index (χ3v) is 7.14. The van der Waals surface area contributed by atoms with E-state index in [4.69, 9.17) is 0 Å². The van der Waals surface area contributed by atoms with Gasteiger partial charge in [0.05, 0.1) is 6.54 Å². The molecule has 2 amide bonds. The minimum Gasteiger partial charge on any atom is -0.347 e. The molecular formula is C21H29N3O4S. The van der Waals surface area contributed by atoms with Crippen molar-refractivity contribution in [3.63, 3.8) is 0 Å². The van der Waals surface area contributed by atoms with Crippen LogP contribution in [0.25, 0.3) is 6.08 Å². The maximum absolute atomic E-state index is 12.5. The Balaban J connectivity index is 1.45. The molecule has 0 atom stereocenters. The predicted molar refractivity (Wildman–Crippen MR) is 112 cm³/mol. The molecular weight excluding hydrogens is 390 g/mol. The van der Waals surface area contributed by atoms with Crippen molar-refractivity contribution in [1.29, 1.82) is 0 Å². The first kappa shape index (κ1) is 21.5. The van der Waals surface area contributed by atoms with Crippen LogP contribution in [-0.2, 0) is 19.6 Å². The Hall–Kier alpha value is -2.19. The highest BCUT2D eigenvalue weighted by Crippen LogP contribution is 2.23. The van der Waals surface area contributed by atoms with Crippen molar-refractivity contribution >= 4 is 27.9 Å². The highest BCUT2D eigenvalue weighted by Gasteiger charge is 2.28. The molecule has 0 radical (unpaired) electrons. The maximum atomic E-state index is 12.5. The van der Waals surface area contributed by atoms with Gasteiger partial charge < -0.3 is 10.2 Å². The van der Waals surface area contributed by atoms with E-state index >= 15 is 0 Å². The molecule has 0 unspecified atom stereocenters. The van der Waals surface area contributed by atoms with E-state index in [1.54, 1.807) is 11.0 Å². The smallest absolute Gasteiger partial charge is 0.242 e. The number of benzene rings is 1. The number of carbonyl (C=O) groups excluding carboxylic acids is 2. The summed E-state index contributed by atoms with van der Waals surface area (Å²) in [6.07, 6.45) is 6.69. The molecule has 1 saturated carbocycles. The second kappa shape index (κ2) is 10.0. The van der Waals surface area contributed by atoms with Gasteiger partial charge in [-0.15, -0.1) is 0 Å². The lowest BCUT2D eigenvalue weighted by Crippen LogP contribution is -2.52. The van der Waals surface area contributed by atoms with Crippen LogP contribution in [0.4, 0.5) is 0 Å². The summed E-state index contributed by atoms with van der Waals surface area (Å²) in [7, 11) is -3.53. The van der Waals surface area contributed by atoms with Gasteiger partial charge in [-0.25, -0.2) is 8.42 Å². The van der Waals surface area contributed by atoms with Gasteiger partial charge in [0.25, 0.3) is 0 Å². The fourth-order valence-corrected chi connectivity index (χ4v) is 4.96. The van der Waals surface area contributed by atoms with Crippen LogP contribution < -0.4 is 5.32 Å². The molecule has 3 rings (SSSR count). The average Bonchev–Trinajstić information content (AvgIpc) is 2.77. The number of sulfonamides is 1. The number of nitrogens with zero attached hydrogens (tertiary/aromatic N) is 2. The van der Waals surface area contributed by atoms with Gasteiger partial charge >= 0.3 is 0 Å². The Bertz CT molecular complexity index is 825. The molecule has 1 heterocycles. The van der Waals surface area contributed by atoms with E-state index in [0.717, 1.165) is 31.2 Å². The van der Waals surface area contributed by atoms with Gasteiger partial charge in [-0.3, -0.25) is 9.59 Å². The molecule has 1 N–H and O–H groups in total. The SMILES string of the molecule is O=C(NCC(=O)N1CCN(S(=O)(=O)/C=C/c2ccccc2)CC1)C1CCCCC1. The van der Waals surface area contributed by atoms with E-state index in [-0.39, 0.29) is 37.4 Å². The Labute approximate surface area is 172 Å². The van der Waals surface area contributed by atoms with E-state index < -0.39 is 10.0 Å². The summed E-state index contributed by atoms with van der Waals surface area (Å²) in [4.78, 5) is 26.2. The summed E-state index contributed by atoms with van der Waals surface area (Å²) < 4.78 is 26.4. The lowest BCUT2D eigenvalue weighted by Gasteiger charge is -2.33. The van der Waals surface area contributed by atoms with Crippen molar-refractivity contribution in [3.8, 4) is 0 Å². The molecule has 0 spiro atoms. The van der Waals surface area contributed by atoms with Crippen LogP contribution in [0.1, 0.15) is 37.7 Å². The first-order chi connectivity index (χ1) is 14.0. The predicted octanol–water partition coefficient (Wildman–Crippen LogP) is 1.83. The summed E-state index contributed by atoms with van der Waals surface area (Å²) in [5.41, 5.74) is 0.818. The molecule has 1 aliphatic carbocycles. The topological polar surface area (TPSA) is 86.8 Å². The zero-order valence-electron chi connectivity index (χ0n) is 16.6. The molecule has 1 aliphatic heterocycles. The molecule has 0 bridgehead atoms. The largest absolute Gasteiger partial charge is 0.347 e. The van der Waals surface area contributed by atoms with Crippen LogP contribution in [0.5, 0.6) is 0 Å². The quantitative estimate of drug-likeness (QED) is 0.762. The second-order valence-electron chi connectivity index (χ2n) is 7.59. The van der Waals surface area contributed by atoms with E-state index in [0.29, 0.717) is 13.1 Å². The molecule has 0 aromatic heterocycles. The number of amides is 2. The summed E-state index contributed by atoms with van der Waals surface area (Å²) in [6, 6.07) is 9.25. The molecule has 7 nitrogen and oxygen atoms in total. The van der Waals surface area contributed by atoms with Crippen LogP contribution in [-0.4, -0.2) is 62.2 Å². The highest BCUT2D eigenvalue weighted by molar-refractivity contribution is 7.92. The molecule has 29 heavy (non-hydrogen) atoms. The molecule has 2 aliphatic rings. The zero-order chi connectivity index (χ0) is 20.7. The fraction of sp³-hybridized carbons (Fsp3) is 0.524. The van der Waals surface area contributed by atoms with Crippen LogP contribution in [0.2, 0.25) is 0 Å². The van der Waals surface area contributed by atoms with Gasteiger partial charge in [-0.2, -0.15) is 4.31 Å². The number of carbonyl (C=O) groups is 2. The third-order valence-electron chi connectivity index (χ3n) is 5.57. The molecule has 2 fully saturated rings. The first-order valence-electron chi connectivity index (χ1n) is 10.2. The third kappa shape index (κ3) is 6.14. The van der Waals surface area contributed by atoms with Crippen molar-refractivity contribution in [2.75, 3.05) is 32.7 Å². The fourth-order valence-electron chi connectivity index (χ4n) is 3.79. The highest BCUT2D eigenvalue weighted by atomic mass is 32.2. The molecule has 1 aromatic rings. The number of hydrogen-bond donors (Lipinski definition) is 1. The average molecular weight is 420 g/mol. The van der Waals surface area contributed by atoms with E-state index in [1.165, 1.54) is 16.1 Å². The van der Waals surface area contributed by atoms with Gasteiger partial charge in [0.2, 0.25) is 21.8 Å². The lowest BCUT2D eigenvalue weighted by molar-refractivity contribution is -0.135. The number of nitrogens with one attached hydrogen (secondary N) is 1. The maximum Gasteiger partial charge on any atom is 0.242 e. The molecule has 158 valence electrons. The van der Waals surface area contributed by atoms with Crippen LogP contribution in [0.15, 0.2) is 35.7 Å². The normalized spacial score (nSPS) is 19.4. The zero-order valence-corrected chi connectivity index (χ0v) is 17.4. The number of piperazine rings is 1.